The minimum atomic E-state index is -4.81. The lowest BCUT2D eigenvalue weighted by atomic mass is 9.71. The van der Waals surface area contributed by atoms with Crippen molar-refractivity contribution in [2.75, 3.05) is 6.26 Å². The van der Waals surface area contributed by atoms with Gasteiger partial charge in [0.05, 0.1) is 20.6 Å². The molecule has 30 heavy (non-hydrogen) atoms. The SMILES string of the molecule is CCC1(S(=O)(=O)[O-])C=CC(C)(C(=O)c2ccc(C(F)(F)F)cc2S(C)(=O)=O)C(C)=C1. The maximum atomic E-state index is 13.2. The molecule has 0 N–H and O–H groups in total. The van der Waals surface area contributed by atoms with Crippen LogP contribution in [0.3, 0.4) is 0 Å². The Morgan fingerprint density at radius 3 is 2.10 bits per heavy atom. The average molecular weight is 465 g/mol. The number of rotatable bonds is 5. The van der Waals surface area contributed by atoms with Gasteiger partial charge in [-0.3, -0.25) is 4.79 Å². The van der Waals surface area contributed by atoms with Crippen molar-refractivity contribution in [2.45, 2.75) is 43.0 Å². The zero-order valence-corrected chi connectivity index (χ0v) is 18.2. The maximum absolute atomic E-state index is 13.2. The zero-order chi connectivity index (χ0) is 23.3. The van der Waals surface area contributed by atoms with Crippen molar-refractivity contribution in [3.8, 4) is 0 Å². The lowest BCUT2D eigenvalue weighted by Gasteiger charge is -2.38. The van der Waals surface area contributed by atoms with Gasteiger partial charge in [-0.15, -0.1) is 0 Å². The van der Waals surface area contributed by atoms with Gasteiger partial charge in [-0.2, -0.15) is 13.2 Å². The molecule has 0 heterocycles. The summed E-state index contributed by atoms with van der Waals surface area (Å²) in [5.41, 5.74) is -3.07. The Balaban J connectivity index is 2.69. The number of ketones is 1. The summed E-state index contributed by atoms with van der Waals surface area (Å²) in [6.45, 7) is 4.26. The number of hydrogen-bond acceptors (Lipinski definition) is 6. The molecule has 0 aromatic heterocycles. The van der Waals surface area contributed by atoms with Gasteiger partial charge in [0.2, 0.25) is 0 Å². The summed E-state index contributed by atoms with van der Waals surface area (Å²) in [6.07, 6.45) is -0.817. The van der Waals surface area contributed by atoms with Crippen LogP contribution in [0.1, 0.15) is 43.1 Å². The molecule has 1 aliphatic rings. The first-order valence-corrected chi connectivity index (χ1v) is 12.0. The fraction of sp³-hybridized carbons (Fsp3) is 0.421. The highest BCUT2D eigenvalue weighted by Crippen LogP contribution is 2.43. The van der Waals surface area contributed by atoms with E-state index in [9.17, 15) is 39.4 Å². The Morgan fingerprint density at radius 2 is 1.70 bits per heavy atom. The Bertz CT molecular complexity index is 1160. The fourth-order valence-corrected chi connectivity index (χ4v) is 5.09. The van der Waals surface area contributed by atoms with Crippen LogP contribution in [-0.4, -0.2) is 38.2 Å². The molecular weight excluding hydrogens is 445 g/mol. The molecule has 0 saturated carbocycles. The standard InChI is InChI=1S/C19H21F3O6S2/c1-5-18(30(26,27)28)9-8-17(3,12(2)11-18)16(23)14-7-6-13(19(20,21)22)10-15(14)29(4,24)25/h6-11H,5H2,1-4H3,(H,26,27,28)/p-1. The van der Waals surface area contributed by atoms with Crippen LogP contribution in [0.15, 0.2) is 46.9 Å². The fourth-order valence-electron chi connectivity index (χ4n) is 3.28. The quantitative estimate of drug-likeness (QED) is 0.374. The van der Waals surface area contributed by atoms with Gasteiger partial charge in [0.25, 0.3) is 0 Å². The van der Waals surface area contributed by atoms with Crippen LogP contribution in [0.25, 0.3) is 0 Å². The van der Waals surface area contributed by atoms with Crippen molar-refractivity contribution in [2.24, 2.45) is 5.41 Å². The molecule has 11 heteroatoms. The van der Waals surface area contributed by atoms with Crippen molar-refractivity contribution in [3.05, 3.63) is 53.1 Å². The lowest BCUT2D eigenvalue weighted by Crippen LogP contribution is -2.40. The first-order chi connectivity index (χ1) is 13.4. The van der Waals surface area contributed by atoms with E-state index in [1.165, 1.54) is 26.8 Å². The summed E-state index contributed by atoms with van der Waals surface area (Å²) >= 11 is 0. The molecule has 0 radical (unpaired) electrons. The number of alkyl halides is 3. The van der Waals surface area contributed by atoms with Crippen molar-refractivity contribution in [1.82, 2.24) is 0 Å². The molecule has 2 rings (SSSR count). The van der Waals surface area contributed by atoms with Crippen LogP contribution in [0.4, 0.5) is 13.2 Å². The lowest BCUT2D eigenvalue weighted by molar-refractivity contribution is -0.137. The second-order valence-electron chi connectivity index (χ2n) is 7.44. The van der Waals surface area contributed by atoms with Crippen LogP contribution in [0, 0.1) is 5.41 Å². The number of hydrogen-bond donors (Lipinski definition) is 0. The third-order valence-corrected chi connectivity index (χ3v) is 8.03. The van der Waals surface area contributed by atoms with Crippen LogP contribution < -0.4 is 0 Å². The van der Waals surface area contributed by atoms with Crippen molar-refractivity contribution in [3.63, 3.8) is 0 Å². The largest absolute Gasteiger partial charge is 0.747 e. The zero-order valence-electron chi connectivity index (χ0n) is 16.6. The summed E-state index contributed by atoms with van der Waals surface area (Å²) in [5.74, 6) is -0.838. The third kappa shape index (κ3) is 4.10. The van der Waals surface area contributed by atoms with Crippen molar-refractivity contribution >= 4 is 25.7 Å². The molecule has 1 aromatic carbocycles. The number of carbonyl (C=O) groups excluding carboxylic acids is 1. The summed E-state index contributed by atoms with van der Waals surface area (Å²) in [7, 11) is -9.01. The minimum absolute atomic E-state index is 0.0915. The summed E-state index contributed by atoms with van der Waals surface area (Å²) < 4.78 is 96.6. The Labute approximate surface area is 173 Å². The van der Waals surface area contributed by atoms with Crippen LogP contribution in [0.2, 0.25) is 0 Å². The minimum Gasteiger partial charge on any atom is -0.747 e. The van der Waals surface area contributed by atoms with Gasteiger partial charge in [-0.25, -0.2) is 16.8 Å². The monoisotopic (exact) mass is 465 g/mol. The van der Waals surface area contributed by atoms with Crippen LogP contribution >= 0.6 is 0 Å². The van der Waals surface area contributed by atoms with Crippen LogP contribution in [0.5, 0.6) is 0 Å². The number of benzene rings is 1. The molecule has 6 nitrogen and oxygen atoms in total. The molecule has 0 aliphatic heterocycles. The second kappa shape index (κ2) is 7.31. The maximum Gasteiger partial charge on any atom is 0.416 e. The summed E-state index contributed by atoms with van der Waals surface area (Å²) in [5, 5.41) is 0. The molecule has 2 atom stereocenters. The van der Waals surface area contributed by atoms with E-state index in [1.54, 1.807) is 0 Å². The van der Waals surface area contributed by atoms with Gasteiger partial charge in [-0.05, 0) is 38.5 Å². The van der Waals surface area contributed by atoms with E-state index in [4.69, 9.17) is 0 Å². The van der Waals surface area contributed by atoms with E-state index >= 15 is 0 Å². The molecular formula is C19H20F3O6S2-. The highest BCUT2D eigenvalue weighted by Gasteiger charge is 2.43. The molecule has 0 fully saturated rings. The van der Waals surface area contributed by atoms with Gasteiger partial charge in [0, 0.05) is 11.8 Å². The van der Waals surface area contributed by atoms with Gasteiger partial charge in [0.1, 0.15) is 10.1 Å². The second-order valence-corrected chi connectivity index (χ2v) is 11.1. The number of halogens is 3. The molecule has 2 unspecified atom stereocenters. The predicted octanol–water partition coefficient (Wildman–Crippen LogP) is 3.51. The van der Waals surface area contributed by atoms with Crippen molar-refractivity contribution in [1.29, 1.82) is 0 Å². The van der Waals surface area contributed by atoms with Crippen LogP contribution in [-0.2, 0) is 26.1 Å². The molecule has 0 saturated heterocycles. The summed E-state index contributed by atoms with van der Waals surface area (Å²) in [4.78, 5) is 12.5. The molecule has 1 aliphatic carbocycles. The van der Waals surface area contributed by atoms with E-state index in [0.717, 1.165) is 18.2 Å². The van der Waals surface area contributed by atoms with E-state index in [1.807, 2.05) is 0 Å². The topological polar surface area (TPSA) is 108 Å². The van der Waals surface area contributed by atoms with E-state index in [2.05, 4.69) is 0 Å². The Hall–Kier alpha value is -1.98. The first kappa shape index (κ1) is 24.3. The molecule has 0 amide bonds. The molecule has 0 bridgehead atoms. The highest BCUT2D eigenvalue weighted by molar-refractivity contribution is 7.90. The Morgan fingerprint density at radius 1 is 1.13 bits per heavy atom. The number of sulfone groups is 1. The smallest absolute Gasteiger partial charge is 0.416 e. The number of Topliss-reactive ketones (excluding diaryl/α,β-unsaturated/α-hetero) is 1. The first-order valence-electron chi connectivity index (χ1n) is 8.71. The summed E-state index contributed by atoms with van der Waals surface area (Å²) in [6, 6.07) is 1.80. The Kier molecular flexibility index (Phi) is 5.92. The van der Waals surface area contributed by atoms with E-state index < -0.39 is 58.1 Å². The van der Waals surface area contributed by atoms with Gasteiger partial charge >= 0.3 is 6.18 Å². The predicted molar refractivity (Wildman–Crippen MR) is 103 cm³/mol. The number of allylic oxidation sites excluding steroid dienone is 2. The molecule has 0 spiro atoms. The van der Waals surface area contributed by atoms with E-state index in [0.29, 0.717) is 18.4 Å². The van der Waals surface area contributed by atoms with Gasteiger partial charge in [-0.1, -0.05) is 30.7 Å². The average Bonchev–Trinajstić information content (AvgIpc) is 2.60. The normalized spacial score (nSPS) is 25.1. The number of carbonyl (C=O) groups is 1. The molecule has 166 valence electrons. The van der Waals surface area contributed by atoms with Crippen molar-refractivity contribution < 1.29 is 39.4 Å². The highest BCUT2D eigenvalue weighted by atomic mass is 32.2. The molecule has 1 aromatic rings. The third-order valence-electron chi connectivity index (χ3n) is 5.42. The van der Waals surface area contributed by atoms with Gasteiger partial charge < -0.3 is 4.55 Å². The van der Waals surface area contributed by atoms with E-state index in [-0.39, 0.29) is 12.0 Å². The van der Waals surface area contributed by atoms with Gasteiger partial charge in [0.15, 0.2) is 15.6 Å².